The number of rotatable bonds is 1. The molecule has 0 radical (unpaired) electrons. The van der Waals surface area contributed by atoms with Crippen LogP contribution in [0.1, 0.15) is 17.9 Å². The Bertz CT molecular complexity index is 609. The number of hydrogen-bond donors (Lipinski definition) is 0. The Balaban J connectivity index is 2.22. The van der Waals surface area contributed by atoms with Crippen LogP contribution in [-0.4, -0.2) is 20.7 Å². The number of halogens is 1. The summed E-state index contributed by atoms with van der Waals surface area (Å²) in [6, 6.07) is 5.77. The van der Waals surface area contributed by atoms with E-state index in [9.17, 15) is 8.42 Å². The summed E-state index contributed by atoms with van der Waals surface area (Å²) in [5.74, 6) is 0.275. The minimum atomic E-state index is -3.22. The van der Waals surface area contributed by atoms with Crippen LogP contribution in [0.25, 0.3) is 0 Å². The van der Waals surface area contributed by atoms with Crippen LogP contribution in [0.2, 0.25) is 0 Å². The molecule has 1 aromatic carbocycles. The van der Waals surface area contributed by atoms with Gasteiger partial charge in [0.2, 0.25) is 10.0 Å². The van der Waals surface area contributed by atoms with E-state index in [0.717, 1.165) is 22.1 Å². The van der Waals surface area contributed by atoms with Crippen LogP contribution < -0.4 is 4.31 Å². The number of hydrogen-bond acceptors (Lipinski definition) is 2. The van der Waals surface area contributed by atoms with Crippen LogP contribution in [0, 0.1) is 0 Å². The minimum Gasteiger partial charge on any atom is -0.263 e. The van der Waals surface area contributed by atoms with E-state index >= 15 is 0 Å². The predicted molar refractivity (Wildman–Crippen MR) is 71.8 cm³/mol. The molecule has 0 N–H and O–H groups in total. The van der Waals surface area contributed by atoms with E-state index in [1.54, 1.807) is 4.31 Å². The topological polar surface area (TPSA) is 37.4 Å². The Morgan fingerprint density at radius 2 is 2.18 bits per heavy atom. The van der Waals surface area contributed by atoms with E-state index in [2.05, 4.69) is 22.0 Å². The molecule has 0 fully saturated rings. The van der Waals surface area contributed by atoms with Crippen LogP contribution in [0.15, 0.2) is 34.8 Å². The summed E-state index contributed by atoms with van der Waals surface area (Å²) < 4.78 is 26.4. The minimum absolute atomic E-state index is 0.0331. The van der Waals surface area contributed by atoms with Gasteiger partial charge in [-0.1, -0.05) is 28.1 Å². The Kier molecular flexibility index (Phi) is 2.38. The maximum atomic E-state index is 11.9. The summed E-state index contributed by atoms with van der Waals surface area (Å²) in [5, 5.41) is 0. The monoisotopic (exact) mass is 313 g/mol. The van der Waals surface area contributed by atoms with Crippen LogP contribution in [0.4, 0.5) is 5.69 Å². The number of anilines is 1. The summed E-state index contributed by atoms with van der Waals surface area (Å²) in [7, 11) is -3.22. The molecular weight excluding hydrogens is 302 g/mol. The second-order valence-corrected chi connectivity index (χ2v) is 7.30. The van der Waals surface area contributed by atoms with E-state index in [1.807, 2.05) is 24.3 Å². The predicted octanol–water partition coefficient (Wildman–Crippen LogP) is 2.64. The van der Waals surface area contributed by atoms with Crippen LogP contribution >= 0.6 is 15.9 Å². The van der Waals surface area contributed by atoms with Crippen LogP contribution in [0.3, 0.4) is 0 Å². The number of benzene rings is 1. The first-order valence-electron chi connectivity index (χ1n) is 5.44. The molecule has 0 spiro atoms. The van der Waals surface area contributed by atoms with Crippen molar-refractivity contribution in [1.82, 2.24) is 0 Å². The third-order valence-electron chi connectivity index (χ3n) is 3.39. The molecule has 1 heterocycles. The maximum absolute atomic E-state index is 11.9. The summed E-state index contributed by atoms with van der Waals surface area (Å²) in [6.07, 6.45) is 6.25. The second-order valence-electron chi connectivity index (χ2n) is 4.52. The van der Waals surface area contributed by atoms with Gasteiger partial charge in [0.25, 0.3) is 0 Å². The van der Waals surface area contributed by atoms with Crippen molar-refractivity contribution in [2.24, 2.45) is 0 Å². The van der Waals surface area contributed by atoms with E-state index in [0.29, 0.717) is 0 Å². The van der Waals surface area contributed by atoms with Crippen molar-refractivity contribution < 1.29 is 8.42 Å². The molecule has 0 saturated heterocycles. The highest BCUT2D eigenvalue weighted by atomic mass is 79.9. The lowest BCUT2D eigenvalue weighted by Gasteiger charge is -2.23. The Morgan fingerprint density at radius 1 is 1.41 bits per heavy atom. The highest BCUT2D eigenvalue weighted by Crippen LogP contribution is 2.48. The molecule has 0 aromatic heterocycles. The number of fused-ring (bicyclic) bond motifs is 3. The maximum Gasteiger partial charge on any atom is 0.232 e. The van der Waals surface area contributed by atoms with Gasteiger partial charge in [-0.3, -0.25) is 4.31 Å². The molecule has 1 aliphatic heterocycles. The fourth-order valence-electron chi connectivity index (χ4n) is 2.77. The quantitative estimate of drug-likeness (QED) is 0.747. The van der Waals surface area contributed by atoms with Gasteiger partial charge < -0.3 is 0 Å². The molecule has 0 saturated carbocycles. The van der Waals surface area contributed by atoms with Crippen molar-refractivity contribution in [3.05, 3.63) is 40.4 Å². The molecule has 17 heavy (non-hydrogen) atoms. The Morgan fingerprint density at radius 3 is 2.88 bits per heavy atom. The SMILES string of the molecule is CS(=O)(=O)N1c2ccc(Br)cc2C2CC=CC21. The molecule has 2 atom stereocenters. The third-order valence-corrected chi connectivity index (χ3v) is 5.04. The van der Waals surface area contributed by atoms with E-state index < -0.39 is 10.0 Å². The molecule has 3 rings (SSSR count). The molecule has 5 heteroatoms. The van der Waals surface area contributed by atoms with Crippen molar-refractivity contribution in [3.63, 3.8) is 0 Å². The lowest BCUT2D eigenvalue weighted by atomic mass is 9.97. The van der Waals surface area contributed by atoms with Crippen LogP contribution in [0.5, 0.6) is 0 Å². The van der Waals surface area contributed by atoms with Crippen molar-refractivity contribution in [2.45, 2.75) is 18.4 Å². The Labute approximate surface area is 109 Å². The largest absolute Gasteiger partial charge is 0.263 e. The first-order valence-corrected chi connectivity index (χ1v) is 8.08. The van der Waals surface area contributed by atoms with Gasteiger partial charge in [0, 0.05) is 10.4 Å². The number of nitrogens with zero attached hydrogens (tertiary/aromatic N) is 1. The summed E-state index contributed by atoms with van der Waals surface area (Å²) in [6.45, 7) is 0. The fourth-order valence-corrected chi connectivity index (χ4v) is 4.34. The highest BCUT2D eigenvalue weighted by Gasteiger charge is 2.42. The Hall–Kier alpha value is -0.810. The zero-order valence-electron chi connectivity index (χ0n) is 9.30. The average Bonchev–Trinajstić information content (AvgIpc) is 2.75. The molecule has 3 nitrogen and oxygen atoms in total. The molecule has 90 valence electrons. The normalized spacial score (nSPS) is 26.1. The van der Waals surface area contributed by atoms with Crippen LogP contribution in [-0.2, 0) is 10.0 Å². The van der Waals surface area contributed by atoms with Crippen molar-refractivity contribution >= 4 is 31.6 Å². The first-order chi connectivity index (χ1) is 7.98. The van der Waals surface area contributed by atoms with Crippen molar-refractivity contribution in [3.8, 4) is 0 Å². The number of allylic oxidation sites excluding steroid dienone is 1. The van der Waals surface area contributed by atoms with Gasteiger partial charge in [-0.2, -0.15) is 0 Å². The smallest absolute Gasteiger partial charge is 0.232 e. The molecule has 0 amide bonds. The molecular formula is C12H12BrNO2S. The van der Waals surface area contributed by atoms with E-state index in [-0.39, 0.29) is 12.0 Å². The zero-order chi connectivity index (χ0) is 12.2. The molecule has 1 aliphatic carbocycles. The van der Waals surface area contributed by atoms with Gasteiger partial charge in [-0.15, -0.1) is 0 Å². The van der Waals surface area contributed by atoms with Crippen molar-refractivity contribution in [2.75, 3.05) is 10.6 Å². The molecule has 2 unspecified atom stereocenters. The standard InChI is InChI=1S/C12H12BrNO2S/c1-17(15,16)14-11-4-2-3-9(11)10-7-8(13)5-6-12(10)14/h2,4-7,9,11H,3H2,1H3. The van der Waals surface area contributed by atoms with Gasteiger partial charge in [-0.05, 0) is 30.2 Å². The lowest BCUT2D eigenvalue weighted by molar-refractivity contribution is 0.588. The first kappa shape index (κ1) is 11.3. The van der Waals surface area contributed by atoms with Gasteiger partial charge in [-0.25, -0.2) is 8.42 Å². The summed E-state index contributed by atoms with van der Waals surface area (Å²) in [4.78, 5) is 0. The third kappa shape index (κ3) is 1.64. The van der Waals surface area contributed by atoms with Crippen molar-refractivity contribution in [1.29, 1.82) is 0 Å². The zero-order valence-corrected chi connectivity index (χ0v) is 11.7. The summed E-state index contributed by atoms with van der Waals surface area (Å²) in [5.41, 5.74) is 1.95. The lowest BCUT2D eigenvalue weighted by Crippen LogP contribution is -2.35. The van der Waals surface area contributed by atoms with Gasteiger partial charge in [0.1, 0.15) is 0 Å². The average molecular weight is 314 g/mol. The molecule has 0 bridgehead atoms. The fraction of sp³-hybridized carbons (Fsp3) is 0.333. The molecule has 1 aromatic rings. The van der Waals surface area contributed by atoms with Gasteiger partial charge >= 0.3 is 0 Å². The van der Waals surface area contributed by atoms with E-state index in [1.165, 1.54) is 6.26 Å². The second kappa shape index (κ2) is 3.59. The summed E-state index contributed by atoms with van der Waals surface area (Å²) >= 11 is 3.44. The van der Waals surface area contributed by atoms with Gasteiger partial charge in [0.05, 0.1) is 18.0 Å². The molecule has 2 aliphatic rings. The van der Waals surface area contributed by atoms with Gasteiger partial charge in [0.15, 0.2) is 0 Å². The van der Waals surface area contributed by atoms with E-state index in [4.69, 9.17) is 0 Å². The highest BCUT2D eigenvalue weighted by molar-refractivity contribution is 9.10. The number of sulfonamides is 1.